The van der Waals surface area contributed by atoms with Gasteiger partial charge in [-0.1, -0.05) is 0 Å². The third kappa shape index (κ3) is 4.18. The summed E-state index contributed by atoms with van der Waals surface area (Å²) in [5, 5.41) is 9.80. The van der Waals surface area contributed by atoms with Gasteiger partial charge in [0.05, 0.1) is 5.52 Å². The predicted molar refractivity (Wildman–Crippen MR) is 151 cm³/mol. The topological polar surface area (TPSA) is 103 Å². The van der Waals surface area contributed by atoms with E-state index < -0.39 is 0 Å². The van der Waals surface area contributed by atoms with E-state index in [-0.39, 0.29) is 12.0 Å². The van der Waals surface area contributed by atoms with Crippen molar-refractivity contribution in [2.24, 2.45) is 5.41 Å². The van der Waals surface area contributed by atoms with Gasteiger partial charge in [0.25, 0.3) is 0 Å². The van der Waals surface area contributed by atoms with Crippen molar-refractivity contribution in [3.05, 3.63) is 66.6 Å². The van der Waals surface area contributed by atoms with Crippen molar-refractivity contribution in [1.82, 2.24) is 30.0 Å². The van der Waals surface area contributed by atoms with Crippen LogP contribution in [0.1, 0.15) is 38.4 Å². The van der Waals surface area contributed by atoms with Gasteiger partial charge < -0.3 is 19.5 Å². The molecule has 4 aromatic heterocycles. The molecule has 9 heteroatoms. The van der Waals surface area contributed by atoms with Crippen LogP contribution in [0, 0.1) is 5.41 Å². The maximum atomic E-state index is 11.7. The standard InChI is InChI=1S/C30H31N7O2/c1-19(23-7-11-31-29-24(23)8-12-32-29)39-22-4-5-26-25(15-22)28(35-34-26)21-3-6-27(33-16-21)37-17-30(18-37)9-13-36(14-10-30)20(2)38/h3-8,11-12,15-16,19H,9-10,13-14,17-18H2,1-2H3,(H,31,32)(H,34,35)/t19-/m1/s1. The highest BCUT2D eigenvalue weighted by Crippen LogP contribution is 2.42. The predicted octanol–water partition coefficient (Wildman–Crippen LogP) is 5.09. The summed E-state index contributed by atoms with van der Waals surface area (Å²) < 4.78 is 6.37. The zero-order valence-corrected chi connectivity index (χ0v) is 22.1. The summed E-state index contributed by atoms with van der Waals surface area (Å²) in [4.78, 5) is 28.3. The highest BCUT2D eigenvalue weighted by molar-refractivity contribution is 5.93. The maximum Gasteiger partial charge on any atom is 0.219 e. The normalized spacial score (nSPS) is 17.5. The van der Waals surface area contributed by atoms with E-state index >= 15 is 0 Å². The molecule has 198 valence electrons. The van der Waals surface area contributed by atoms with E-state index in [4.69, 9.17) is 9.72 Å². The third-order valence-electron chi connectivity index (χ3n) is 8.45. The Hall–Kier alpha value is -4.40. The first kappa shape index (κ1) is 23.7. The van der Waals surface area contributed by atoms with Gasteiger partial charge in [-0.05, 0) is 62.2 Å². The molecule has 1 amide bonds. The molecule has 39 heavy (non-hydrogen) atoms. The van der Waals surface area contributed by atoms with E-state index in [2.05, 4.69) is 44.1 Å². The third-order valence-corrected chi connectivity index (χ3v) is 8.45. The van der Waals surface area contributed by atoms with Crippen LogP contribution in [-0.2, 0) is 4.79 Å². The molecule has 0 bridgehead atoms. The summed E-state index contributed by atoms with van der Waals surface area (Å²) in [5.41, 5.74) is 5.04. The molecule has 1 spiro atoms. The summed E-state index contributed by atoms with van der Waals surface area (Å²) in [6, 6.07) is 14.2. The molecule has 0 aliphatic carbocycles. The number of H-pyrrole nitrogens is 2. The van der Waals surface area contributed by atoms with Crippen LogP contribution in [0.3, 0.4) is 0 Å². The Morgan fingerprint density at radius 1 is 1.05 bits per heavy atom. The Bertz CT molecular complexity index is 1660. The maximum absolute atomic E-state index is 11.7. The zero-order chi connectivity index (χ0) is 26.6. The lowest BCUT2D eigenvalue weighted by molar-refractivity contribution is -0.131. The Kier molecular flexibility index (Phi) is 5.54. The monoisotopic (exact) mass is 521 g/mol. The fraction of sp³-hybridized carbons (Fsp3) is 0.333. The number of benzene rings is 1. The number of carbonyl (C=O) groups excluding carboxylic acids is 1. The summed E-state index contributed by atoms with van der Waals surface area (Å²) in [6.45, 7) is 7.45. The van der Waals surface area contributed by atoms with Gasteiger partial charge in [-0.15, -0.1) is 0 Å². The fourth-order valence-corrected chi connectivity index (χ4v) is 6.14. The van der Waals surface area contributed by atoms with Gasteiger partial charge in [0, 0.05) is 79.0 Å². The number of carbonyl (C=O) groups is 1. The molecule has 6 heterocycles. The smallest absolute Gasteiger partial charge is 0.219 e. The van der Waals surface area contributed by atoms with Crippen LogP contribution in [-0.4, -0.2) is 62.1 Å². The number of amides is 1. The lowest BCUT2D eigenvalue weighted by Crippen LogP contribution is -2.61. The van der Waals surface area contributed by atoms with Crippen LogP contribution >= 0.6 is 0 Å². The molecule has 2 aliphatic heterocycles. The minimum atomic E-state index is -0.144. The van der Waals surface area contributed by atoms with Crippen LogP contribution in [0.4, 0.5) is 5.82 Å². The lowest BCUT2D eigenvalue weighted by Gasteiger charge is -2.54. The van der Waals surface area contributed by atoms with E-state index in [1.165, 1.54) is 0 Å². The van der Waals surface area contributed by atoms with Crippen molar-refractivity contribution in [2.75, 3.05) is 31.1 Å². The van der Waals surface area contributed by atoms with Gasteiger partial charge in [0.15, 0.2) is 0 Å². The molecule has 2 N–H and O–H groups in total. The minimum Gasteiger partial charge on any atom is -0.486 e. The second kappa shape index (κ2) is 9.11. The second-order valence-corrected chi connectivity index (χ2v) is 10.9. The summed E-state index contributed by atoms with van der Waals surface area (Å²) in [6.07, 6.45) is 7.61. The van der Waals surface area contributed by atoms with E-state index in [0.29, 0.717) is 5.41 Å². The van der Waals surface area contributed by atoms with Crippen LogP contribution < -0.4 is 9.64 Å². The number of hydrogen-bond donors (Lipinski definition) is 2. The van der Waals surface area contributed by atoms with E-state index in [0.717, 1.165) is 89.3 Å². The van der Waals surface area contributed by atoms with Gasteiger partial charge in [-0.2, -0.15) is 5.10 Å². The molecular formula is C30H31N7O2. The number of likely N-dealkylation sites (tertiary alicyclic amines) is 1. The number of fused-ring (bicyclic) bond motifs is 2. The highest BCUT2D eigenvalue weighted by atomic mass is 16.5. The van der Waals surface area contributed by atoms with Gasteiger partial charge >= 0.3 is 0 Å². The van der Waals surface area contributed by atoms with Crippen LogP contribution in [0.2, 0.25) is 0 Å². The van der Waals surface area contributed by atoms with E-state index in [1.54, 1.807) is 13.1 Å². The largest absolute Gasteiger partial charge is 0.486 e. The van der Waals surface area contributed by atoms with Gasteiger partial charge in [0.2, 0.25) is 5.91 Å². The molecular weight excluding hydrogens is 490 g/mol. The first-order valence-electron chi connectivity index (χ1n) is 13.5. The van der Waals surface area contributed by atoms with Gasteiger partial charge in [-0.3, -0.25) is 9.89 Å². The second-order valence-electron chi connectivity index (χ2n) is 10.9. The molecule has 2 fully saturated rings. The van der Waals surface area contributed by atoms with Crippen molar-refractivity contribution in [2.45, 2.75) is 32.8 Å². The number of piperidine rings is 1. The van der Waals surface area contributed by atoms with E-state index in [1.807, 2.05) is 47.6 Å². The molecule has 2 aliphatic rings. The molecule has 2 saturated heterocycles. The van der Waals surface area contributed by atoms with Crippen LogP contribution in [0.25, 0.3) is 33.2 Å². The van der Waals surface area contributed by atoms with Gasteiger partial charge in [0.1, 0.15) is 29.0 Å². The number of ether oxygens (including phenoxy) is 1. The fourth-order valence-electron chi connectivity index (χ4n) is 6.14. The number of aromatic amines is 2. The SMILES string of the molecule is CC(=O)N1CCC2(CC1)CN(c1ccc(-c3n[nH]c4ccc(O[C@H](C)c5ccnc6[nH]ccc56)cc34)cn1)C2. The molecule has 1 aromatic carbocycles. The minimum absolute atomic E-state index is 0.144. The first-order valence-corrected chi connectivity index (χ1v) is 13.5. The number of hydrogen-bond acceptors (Lipinski definition) is 6. The number of nitrogens with one attached hydrogen (secondary N) is 2. The average Bonchev–Trinajstić information content (AvgIpc) is 3.59. The van der Waals surface area contributed by atoms with Crippen molar-refractivity contribution < 1.29 is 9.53 Å². The van der Waals surface area contributed by atoms with Crippen LogP contribution in [0.15, 0.2) is 61.1 Å². The molecule has 9 nitrogen and oxygen atoms in total. The van der Waals surface area contributed by atoms with Crippen molar-refractivity contribution in [3.63, 3.8) is 0 Å². The molecule has 0 unspecified atom stereocenters. The van der Waals surface area contributed by atoms with Gasteiger partial charge in [-0.25, -0.2) is 9.97 Å². The number of aromatic nitrogens is 5. The average molecular weight is 522 g/mol. The molecule has 5 aromatic rings. The highest BCUT2D eigenvalue weighted by Gasteiger charge is 2.45. The molecule has 0 saturated carbocycles. The number of anilines is 1. The Morgan fingerprint density at radius 3 is 2.67 bits per heavy atom. The zero-order valence-electron chi connectivity index (χ0n) is 22.1. The van der Waals surface area contributed by atoms with Crippen LogP contribution in [0.5, 0.6) is 5.75 Å². The Morgan fingerprint density at radius 2 is 1.90 bits per heavy atom. The van der Waals surface area contributed by atoms with Crippen molar-refractivity contribution in [1.29, 1.82) is 0 Å². The van der Waals surface area contributed by atoms with Crippen molar-refractivity contribution in [3.8, 4) is 17.0 Å². The molecule has 7 rings (SSSR count). The molecule has 1 atom stereocenters. The summed E-state index contributed by atoms with van der Waals surface area (Å²) >= 11 is 0. The van der Waals surface area contributed by atoms with Crippen molar-refractivity contribution >= 4 is 33.7 Å². The van der Waals surface area contributed by atoms with E-state index in [9.17, 15) is 4.79 Å². The quantitative estimate of drug-likeness (QED) is 0.334. The number of nitrogens with zero attached hydrogens (tertiary/aromatic N) is 5. The molecule has 0 radical (unpaired) electrons. The number of pyridine rings is 2. The lowest BCUT2D eigenvalue weighted by atomic mass is 9.72. The Balaban J connectivity index is 1.06. The summed E-state index contributed by atoms with van der Waals surface area (Å²) in [5.74, 6) is 1.96. The summed E-state index contributed by atoms with van der Waals surface area (Å²) in [7, 11) is 0. The number of rotatable bonds is 5. The Labute approximate surface area is 226 Å². The first-order chi connectivity index (χ1) is 19.0.